The minimum Gasteiger partial charge on any atom is -0.340 e. The van der Waals surface area contributed by atoms with Gasteiger partial charge in [-0.2, -0.15) is 4.31 Å². The molecule has 1 rings (SSSR count). The Hall–Kier alpha value is -0.370. The lowest BCUT2D eigenvalue weighted by Gasteiger charge is -2.33. The normalized spacial score (nSPS) is 17.3. The van der Waals surface area contributed by atoms with E-state index in [0.29, 0.717) is 39.1 Å². The molecule has 6 nitrogen and oxygen atoms in total. The summed E-state index contributed by atoms with van der Waals surface area (Å²) in [6, 6.07) is 0. The van der Waals surface area contributed by atoms with Crippen LogP contribution in [-0.2, 0) is 14.8 Å². The van der Waals surface area contributed by atoms with Crippen LogP contribution in [0.2, 0.25) is 0 Å². The van der Waals surface area contributed by atoms with Gasteiger partial charge in [-0.05, 0) is 14.0 Å². The zero-order valence-corrected chi connectivity index (χ0v) is 12.5. The first kappa shape index (κ1) is 17.6. The van der Waals surface area contributed by atoms with Crippen molar-refractivity contribution in [2.75, 3.05) is 45.5 Å². The molecular weight excluding hydrogens is 278 g/mol. The summed E-state index contributed by atoms with van der Waals surface area (Å²) < 4.78 is 24.7. The first-order valence-corrected chi connectivity index (χ1v) is 7.52. The summed E-state index contributed by atoms with van der Waals surface area (Å²) >= 11 is 0. The van der Waals surface area contributed by atoms with E-state index in [9.17, 15) is 13.2 Å². The van der Waals surface area contributed by atoms with Crippen molar-refractivity contribution < 1.29 is 13.2 Å². The average molecular weight is 300 g/mol. The molecule has 0 spiro atoms. The highest BCUT2D eigenvalue weighted by molar-refractivity contribution is 7.89. The highest BCUT2D eigenvalue weighted by Gasteiger charge is 2.27. The smallest absolute Gasteiger partial charge is 0.223 e. The molecule has 18 heavy (non-hydrogen) atoms. The number of nitrogens with zero attached hydrogens (tertiary/aromatic N) is 2. The van der Waals surface area contributed by atoms with Crippen LogP contribution in [0.3, 0.4) is 0 Å². The van der Waals surface area contributed by atoms with E-state index in [1.165, 1.54) is 4.31 Å². The lowest BCUT2D eigenvalue weighted by molar-refractivity contribution is -0.132. The molecule has 1 saturated heterocycles. The van der Waals surface area contributed by atoms with Crippen LogP contribution in [0.15, 0.2) is 0 Å². The van der Waals surface area contributed by atoms with Gasteiger partial charge in [0.05, 0.1) is 5.75 Å². The molecule has 8 heteroatoms. The van der Waals surface area contributed by atoms with E-state index in [0.717, 1.165) is 0 Å². The van der Waals surface area contributed by atoms with Crippen LogP contribution < -0.4 is 5.32 Å². The Balaban J connectivity index is 0.00000289. The van der Waals surface area contributed by atoms with Crippen LogP contribution in [0.5, 0.6) is 0 Å². The fourth-order valence-corrected chi connectivity index (χ4v) is 2.87. The fraction of sp³-hybridized carbons (Fsp3) is 0.900. The number of hydrogen-bond donors (Lipinski definition) is 1. The molecule has 0 atom stereocenters. The summed E-state index contributed by atoms with van der Waals surface area (Å²) in [7, 11) is -1.30. The summed E-state index contributed by atoms with van der Waals surface area (Å²) in [4.78, 5) is 13.4. The minimum atomic E-state index is -3.10. The van der Waals surface area contributed by atoms with Gasteiger partial charge in [-0.3, -0.25) is 4.79 Å². The molecular formula is C10H22ClN3O3S. The van der Waals surface area contributed by atoms with Crippen LogP contribution in [0.4, 0.5) is 0 Å². The molecule has 108 valence electrons. The minimum absolute atomic E-state index is 0. The number of carbonyl (C=O) groups excluding carboxylic acids is 1. The number of hydrogen-bond acceptors (Lipinski definition) is 4. The molecule has 0 saturated carbocycles. The van der Waals surface area contributed by atoms with Gasteiger partial charge in [-0.15, -0.1) is 12.4 Å². The number of piperazine rings is 1. The number of nitrogens with one attached hydrogen (secondary N) is 1. The average Bonchev–Trinajstić information content (AvgIpc) is 2.36. The van der Waals surface area contributed by atoms with Crippen molar-refractivity contribution in [3.8, 4) is 0 Å². The Morgan fingerprint density at radius 3 is 2.22 bits per heavy atom. The lowest BCUT2D eigenvalue weighted by Crippen LogP contribution is -2.51. The van der Waals surface area contributed by atoms with Gasteiger partial charge in [-0.25, -0.2) is 8.42 Å². The number of sulfonamides is 1. The largest absolute Gasteiger partial charge is 0.340 e. The van der Waals surface area contributed by atoms with E-state index < -0.39 is 10.0 Å². The SMILES string of the molecule is CCS(=O)(=O)N1CCN(C(=O)CCNC)CC1.Cl. The van der Waals surface area contributed by atoms with Gasteiger partial charge >= 0.3 is 0 Å². The van der Waals surface area contributed by atoms with E-state index in [1.54, 1.807) is 18.9 Å². The van der Waals surface area contributed by atoms with Gasteiger partial charge in [-0.1, -0.05) is 0 Å². The van der Waals surface area contributed by atoms with E-state index in [-0.39, 0.29) is 24.1 Å². The molecule has 1 heterocycles. The molecule has 0 aliphatic carbocycles. The topological polar surface area (TPSA) is 69.7 Å². The third-order valence-corrected chi connectivity index (χ3v) is 4.82. The Kier molecular flexibility index (Phi) is 7.77. The number of halogens is 1. The van der Waals surface area contributed by atoms with Crippen molar-refractivity contribution in [1.82, 2.24) is 14.5 Å². The fourth-order valence-electron chi connectivity index (χ4n) is 1.79. The predicted molar refractivity (Wildman–Crippen MR) is 73.4 cm³/mol. The summed E-state index contributed by atoms with van der Waals surface area (Å²) in [5, 5.41) is 2.93. The van der Waals surface area contributed by atoms with Crippen LogP contribution in [-0.4, -0.2) is 69.1 Å². The summed E-state index contributed by atoms with van der Waals surface area (Å²) in [6.07, 6.45) is 0.469. The first-order chi connectivity index (χ1) is 8.01. The number of rotatable bonds is 5. The lowest BCUT2D eigenvalue weighted by atomic mass is 10.3. The van der Waals surface area contributed by atoms with Gasteiger partial charge in [0.2, 0.25) is 15.9 Å². The zero-order chi connectivity index (χ0) is 12.9. The third kappa shape index (κ3) is 4.72. The highest BCUT2D eigenvalue weighted by atomic mass is 35.5. The first-order valence-electron chi connectivity index (χ1n) is 5.91. The van der Waals surface area contributed by atoms with Gasteiger partial charge < -0.3 is 10.2 Å². The maximum Gasteiger partial charge on any atom is 0.223 e. The molecule has 0 radical (unpaired) electrons. The molecule has 1 fully saturated rings. The number of amides is 1. The maximum absolute atomic E-state index is 11.7. The standard InChI is InChI=1S/C10H21N3O3S.ClH/c1-3-17(15,16)13-8-6-12(7-9-13)10(14)4-5-11-2;/h11H,3-9H2,1-2H3;1H. The van der Waals surface area contributed by atoms with Crippen LogP contribution in [0, 0.1) is 0 Å². The molecule has 1 aliphatic rings. The second kappa shape index (κ2) is 7.93. The Morgan fingerprint density at radius 1 is 1.22 bits per heavy atom. The maximum atomic E-state index is 11.7. The Morgan fingerprint density at radius 2 is 1.78 bits per heavy atom. The summed E-state index contributed by atoms with van der Waals surface area (Å²) in [5.41, 5.74) is 0. The highest BCUT2D eigenvalue weighted by Crippen LogP contribution is 2.08. The molecule has 0 aromatic heterocycles. The van der Waals surface area contributed by atoms with Crippen molar-refractivity contribution in [2.45, 2.75) is 13.3 Å². The van der Waals surface area contributed by atoms with Crippen molar-refractivity contribution in [3.05, 3.63) is 0 Å². The van der Waals surface area contributed by atoms with Gasteiger partial charge in [0.25, 0.3) is 0 Å². The van der Waals surface area contributed by atoms with E-state index >= 15 is 0 Å². The van der Waals surface area contributed by atoms with E-state index in [2.05, 4.69) is 5.32 Å². The molecule has 1 N–H and O–H groups in total. The van der Waals surface area contributed by atoms with Crippen molar-refractivity contribution in [2.24, 2.45) is 0 Å². The van der Waals surface area contributed by atoms with Crippen molar-refractivity contribution >= 4 is 28.3 Å². The molecule has 0 aromatic carbocycles. The monoisotopic (exact) mass is 299 g/mol. The zero-order valence-electron chi connectivity index (χ0n) is 10.9. The van der Waals surface area contributed by atoms with E-state index in [1.807, 2.05) is 0 Å². The van der Waals surface area contributed by atoms with Gasteiger partial charge in [0, 0.05) is 39.1 Å². The van der Waals surface area contributed by atoms with Crippen LogP contribution in [0.25, 0.3) is 0 Å². The van der Waals surface area contributed by atoms with Crippen molar-refractivity contribution in [3.63, 3.8) is 0 Å². The summed E-state index contributed by atoms with van der Waals surface area (Å²) in [5.74, 6) is 0.216. The molecule has 0 unspecified atom stereocenters. The molecule has 0 bridgehead atoms. The summed E-state index contributed by atoms with van der Waals surface area (Å²) in [6.45, 7) is 4.14. The Labute approximate surface area is 115 Å². The Bertz CT molecular complexity index is 353. The van der Waals surface area contributed by atoms with Gasteiger partial charge in [0.15, 0.2) is 0 Å². The van der Waals surface area contributed by atoms with Crippen LogP contribution in [0.1, 0.15) is 13.3 Å². The molecule has 1 amide bonds. The third-order valence-electron chi connectivity index (χ3n) is 2.94. The second-order valence-corrected chi connectivity index (χ2v) is 6.29. The predicted octanol–water partition coefficient (Wildman–Crippen LogP) is -0.488. The van der Waals surface area contributed by atoms with Gasteiger partial charge in [0.1, 0.15) is 0 Å². The second-order valence-electron chi connectivity index (χ2n) is 4.03. The van der Waals surface area contributed by atoms with Crippen molar-refractivity contribution in [1.29, 1.82) is 0 Å². The van der Waals surface area contributed by atoms with Crippen LogP contribution >= 0.6 is 12.4 Å². The van der Waals surface area contributed by atoms with E-state index in [4.69, 9.17) is 0 Å². The molecule has 1 aliphatic heterocycles. The molecule has 0 aromatic rings. The number of carbonyl (C=O) groups is 1. The quantitative estimate of drug-likeness (QED) is 0.744.